The molecule has 0 aliphatic rings. The first-order chi connectivity index (χ1) is 9.59. The Labute approximate surface area is 113 Å². The lowest BCUT2D eigenvalue weighted by molar-refractivity contribution is -0.385. The van der Waals surface area contributed by atoms with Crippen molar-refractivity contribution in [2.45, 2.75) is 6.54 Å². The van der Waals surface area contributed by atoms with Crippen molar-refractivity contribution in [1.29, 1.82) is 0 Å². The Hall–Kier alpha value is -2.90. The topological polar surface area (TPSA) is 107 Å². The zero-order valence-corrected chi connectivity index (χ0v) is 10.3. The van der Waals surface area contributed by atoms with Crippen molar-refractivity contribution in [2.24, 2.45) is 0 Å². The fourth-order valence-corrected chi connectivity index (χ4v) is 1.69. The van der Waals surface area contributed by atoms with Gasteiger partial charge in [-0.1, -0.05) is 6.07 Å². The van der Waals surface area contributed by atoms with E-state index < -0.39 is 22.1 Å². The number of aromatic nitrogens is 2. The first-order valence-corrected chi connectivity index (χ1v) is 5.69. The van der Waals surface area contributed by atoms with Gasteiger partial charge in [0, 0.05) is 18.5 Å². The van der Waals surface area contributed by atoms with E-state index in [0.29, 0.717) is 6.54 Å². The smallest absolute Gasteiger partial charge is 0.346 e. The highest BCUT2D eigenvalue weighted by Gasteiger charge is 2.24. The number of aromatic carboxylic acids is 1. The maximum absolute atomic E-state index is 11.1. The van der Waals surface area contributed by atoms with Crippen molar-refractivity contribution in [2.75, 3.05) is 6.61 Å². The summed E-state index contributed by atoms with van der Waals surface area (Å²) in [4.78, 5) is 25.1. The zero-order chi connectivity index (χ0) is 14.5. The number of hydrogen-bond donors (Lipinski definition) is 1. The molecule has 0 saturated heterocycles. The number of carbonyl (C=O) groups is 1. The SMILES string of the molecule is O=C(O)c1c(OCCn2ccnc2)cccc1[N+](=O)[O-]. The molecule has 0 unspecified atom stereocenters. The summed E-state index contributed by atoms with van der Waals surface area (Å²) in [6.07, 6.45) is 4.93. The number of carboxylic acids is 1. The second-order valence-electron chi connectivity index (χ2n) is 3.86. The van der Waals surface area contributed by atoms with Gasteiger partial charge in [-0.3, -0.25) is 10.1 Å². The van der Waals surface area contributed by atoms with Crippen LogP contribution < -0.4 is 4.74 Å². The van der Waals surface area contributed by atoms with Crippen LogP contribution >= 0.6 is 0 Å². The Morgan fingerprint density at radius 1 is 1.50 bits per heavy atom. The molecular formula is C12H11N3O5. The van der Waals surface area contributed by atoms with Crippen molar-refractivity contribution >= 4 is 11.7 Å². The largest absolute Gasteiger partial charge is 0.491 e. The van der Waals surface area contributed by atoms with E-state index in [-0.39, 0.29) is 12.4 Å². The molecule has 104 valence electrons. The molecule has 0 radical (unpaired) electrons. The number of benzene rings is 1. The minimum Gasteiger partial charge on any atom is -0.491 e. The van der Waals surface area contributed by atoms with Crippen molar-refractivity contribution in [3.8, 4) is 5.75 Å². The summed E-state index contributed by atoms with van der Waals surface area (Å²) in [6.45, 7) is 0.638. The monoisotopic (exact) mass is 277 g/mol. The van der Waals surface area contributed by atoms with Crippen LogP contribution in [0.25, 0.3) is 0 Å². The van der Waals surface area contributed by atoms with E-state index in [1.165, 1.54) is 12.1 Å². The molecule has 0 bridgehead atoms. The molecule has 20 heavy (non-hydrogen) atoms. The van der Waals surface area contributed by atoms with E-state index in [2.05, 4.69) is 4.98 Å². The third kappa shape index (κ3) is 2.91. The standard InChI is InChI=1S/C12H11N3O5/c16-12(17)11-9(15(18)19)2-1-3-10(11)20-7-6-14-5-4-13-8-14/h1-5,8H,6-7H2,(H,16,17). The Balaban J connectivity index is 2.16. The van der Waals surface area contributed by atoms with Crippen molar-refractivity contribution in [1.82, 2.24) is 9.55 Å². The van der Waals surface area contributed by atoms with E-state index in [1.807, 2.05) is 0 Å². The third-order valence-electron chi connectivity index (χ3n) is 2.58. The summed E-state index contributed by atoms with van der Waals surface area (Å²) < 4.78 is 7.08. The highest BCUT2D eigenvalue weighted by Crippen LogP contribution is 2.28. The van der Waals surface area contributed by atoms with E-state index in [9.17, 15) is 14.9 Å². The second-order valence-corrected chi connectivity index (χ2v) is 3.86. The second kappa shape index (κ2) is 5.83. The van der Waals surface area contributed by atoms with E-state index >= 15 is 0 Å². The average Bonchev–Trinajstić information content (AvgIpc) is 2.91. The van der Waals surface area contributed by atoms with Gasteiger partial charge in [-0.2, -0.15) is 0 Å². The third-order valence-corrected chi connectivity index (χ3v) is 2.58. The summed E-state index contributed by atoms with van der Waals surface area (Å²) in [5.74, 6) is -1.42. The summed E-state index contributed by atoms with van der Waals surface area (Å²) >= 11 is 0. The zero-order valence-electron chi connectivity index (χ0n) is 10.3. The van der Waals surface area contributed by atoms with Crippen molar-refractivity contribution in [3.63, 3.8) is 0 Å². The van der Waals surface area contributed by atoms with Gasteiger partial charge in [0.15, 0.2) is 5.56 Å². The number of nitro groups is 1. The number of hydrogen-bond acceptors (Lipinski definition) is 5. The minimum absolute atomic E-state index is 0.0215. The van der Waals surface area contributed by atoms with Crippen LogP contribution in [0.4, 0.5) is 5.69 Å². The summed E-state index contributed by atoms with van der Waals surface area (Å²) in [6, 6.07) is 3.91. The molecule has 2 rings (SSSR count). The van der Waals surface area contributed by atoms with Gasteiger partial charge in [-0.15, -0.1) is 0 Å². The first kappa shape index (κ1) is 13.5. The van der Waals surface area contributed by atoms with Crippen molar-refractivity contribution < 1.29 is 19.6 Å². The molecule has 8 nitrogen and oxygen atoms in total. The Morgan fingerprint density at radius 3 is 2.90 bits per heavy atom. The van der Waals surface area contributed by atoms with Gasteiger partial charge in [0.2, 0.25) is 0 Å². The molecular weight excluding hydrogens is 266 g/mol. The molecule has 0 aliphatic carbocycles. The van der Waals surface area contributed by atoms with Gasteiger partial charge in [-0.25, -0.2) is 9.78 Å². The fourth-order valence-electron chi connectivity index (χ4n) is 1.69. The minimum atomic E-state index is -1.39. The van der Waals surface area contributed by atoms with Crippen LogP contribution in [-0.4, -0.2) is 32.2 Å². The number of nitro benzene ring substituents is 1. The van der Waals surface area contributed by atoms with E-state index in [1.54, 1.807) is 23.3 Å². The van der Waals surface area contributed by atoms with Crippen molar-refractivity contribution in [3.05, 3.63) is 52.6 Å². The molecule has 0 spiro atoms. The van der Waals surface area contributed by atoms with Gasteiger partial charge in [-0.05, 0) is 6.07 Å². The first-order valence-electron chi connectivity index (χ1n) is 5.69. The number of imidazole rings is 1. The van der Waals surface area contributed by atoms with Crippen LogP contribution in [0, 0.1) is 10.1 Å². The predicted molar refractivity (Wildman–Crippen MR) is 67.8 cm³/mol. The Morgan fingerprint density at radius 2 is 2.30 bits per heavy atom. The highest BCUT2D eigenvalue weighted by molar-refractivity contribution is 5.95. The van der Waals surface area contributed by atoms with E-state index in [4.69, 9.17) is 9.84 Å². The molecule has 0 amide bonds. The summed E-state index contributed by atoms with van der Waals surface area (Å²) in [5.41, 5.74) is -0.930. The lowest BCUT2D eigenvalue weighted by atomic mass is 10.1. The summed E-state index contributed by atoms with van der Waals surface area (Å²) in [5, 5.41) is 19.9. The van der Waals surface area contributed by atoms with Crippen LogP contribution in [0.5, 0.6) is 5.75 Å². The van der Waals surface area contributed by atoms with Crippen LogP contribution in [-0.2, 0) is 6.54 Å². The number of carboxylic acid groups (broad SMARTS) is 1. The van der Waals surface area contributed by atoms with E-state index in [0.717, 1.165) is 6.07 Å². The van der Waals surface area contributed by atoms with Gasteiger partial charge in [0.25, 0.3) is 5.69 Å². The highest BCUT2D eigenvalue weighted by atomic mass is 16.6. The lowest BCUT2D eigenvalue weighted by Crippen LogP contribution is -2.11. The van der Waals surface area contributed by atoms with Gasteiger partial charge < -0.3 is 14.4 Å². The number of nitrogens with zero attached hydrogens (tertiary/aromatic N) is 3. The molecule has 2 aromatic rings. The molecule has 8 heteroatoms. The molecule has 0 atom stereocenters. The normalized spacial score (nSPS) is 10.2. The Kier molecular flexibility index (Phi) is 3.94. The van der Waals surface area contributed by atoms with Crippen LogP contribution in [0.1, 0.15) is 10.4 Å². The lowest BCUT2D eigenvalue weighted by Gasteiger charge is -2.09. The fraction of sp³-hybridized carbons (Fsp3) is 0.167. The van der Waals surface area contributed by atoms with Crippen LogP contribution in [0.3, 0.4) is 0 Å². The van der Waals surface area contributed by atoms with Crippen LogP contribution in [0.15, 0.2) is 36.9 Å². The average molecular weight is 277 g/mol. The molecule has 0 aliphatic heterocycles. The Bertz CT molecular complexity index is 624. The number of ether oxygens (including phenoxy) is 1. The molecule has 1 aromatic heterocycles. The quantitative estimate of drug-likeness (QED) is 0.634. The molecule has 1 N–H and O–H groups in total. The molecule has 0 fully saturated rings. The summed E-state index contributed by atoms with van der Waals surface area (Å²) in [7, 11) is 0. The predicted octanol–water partition coefficient (Wildman–Crippen LogP) is 1.57. The number of rotatable bonds is 6. The van der Waals surface area contributed by atoms with Gasteiger partial charge in [0.1, 0.15) is 12.4 Å². The molecule has 1 heterocycles. The van der Waals surface area contributed by atoms with Crippen LogP contribution in [0.2, 0.25) is 0 Å². The van der Waals surface area contributed by atoms with Gasteiger partial charge in [0.05, 0.1) is 17.8 Å². The molecule has 0 saturated carbocycles. The maximum atomic E-state index is 11.1. The maximum Gasteiger partial charge on any atom is 0.346 e. The molecule has 1 aromatic carbocycles. The van der Waals surface area contributed by atoms with Gasteiger partial charge >= 0.3 is 5.97 Å².